The third-order valence-corrected chi connectivity index (χ3v) is 3.31. The molecule has 0 bridgehead atoms. The zero-order valence-electron chi connectivity index (χ0n) is 11.6. The lowest BCUT2D eigenvalue weighted by Crippen LogP contribution is -2.25. The van der Waals surface area contributed by atoms with E-state index in [2.05, 4.69) is 42.7 Å². The van der Waals surface area contributed by atoms with Gasteiger partial charge in [0.2, 0.25) is 0 Å². The van der Waals surface area contributed by atoms with Crippen LogP contribution < -0.4 is 10.1 Å². The van der Waals surface area contributed by atoms with Crippen molar-refractivity contribution in [2.24, 2.45) is 0 Å². The first-order valence-corrected chi connectivity index (χ1v) is 7.57. The first kappa shape index (κ1) is 15.3. The van der Waals surface area contributed by atoms with Crippen molar-refractivity contribution >= 4 is 11.8 Å². The molecule has 0 aliphatic rings. The van der Waals surface area contributed by atoms with E-state index in [1.165, 1.54) is 11.3 Å². The normalized spacial score (nSPS) is 10.9. The number of benzene rings is 1. The van der Waals surface area contributed by atoms with E-state index < -0.39 is 0 Å². The highest BCUT2D eigenvalue weighted by molar-refractivity contribution is 7.98. The van der Waals surface area contributed by atoms with Crippen LogP contribution in [-0.2, 0) is 0 Å². The monoisotopic (exact) mass is 268 g/mol. The largest absolute Gasteiger partial charge is 0.492 e. The third kappa shape index (κ3) is 6.89. The summed E-state index contributed by atoms with van der Waals surface area (Å²) in [6.07, 6.45) is 3.25. The molecule has 0 radical (unpaired) electrons. The van der Waals surface area contributed by atoms with Gasteiger partial charge in [-0.25, -0.2) is 0 Å². The number of nitrogens with zero attached hydrogens (tertiary/aromatic N) is 1. The second-order valence-corrected chi connectivity index (χ2v) is 5.31. The summed E-state index contributed by atoms with van der Waals surface area (Å²) in [4.78, 5) is 3.47. The molecule has 0 fully saturated rings. The first-order valence-electron chi connectivity index (χ1n) is 6.34. The molecule has 0 heterocycles. The van der Waals surface area contributed by atoms with Crippen LogP contribution in [0.5, 0.6) is 5.75 Å². The standard InChI is InChI=1S/C14H24N2OS/c1-16(2)11-4-9-15-10-12-17-13-5-7-14(18-3)8-6-13/h5-8,15H,4,9-12H2,1-3H3. The number of thioether (sulfide) groups is 1. The van der Waals surface area contributed by atoms with Gasteiger partial charge < -0.3 is 15.0 Å². The van der Waals surface area contributed by atoms with Gasteiger partial charge in [-0.3, -0.25) is 0 Å². The fourth-order valence-electron chi connectivity index (χ4n) is 1.56. The molecule has 1 rings (SSSR count). The first-order chi connectivity index (χ1) is 8.72. The van der Waals surface area contributed by atoms with E-state index in [9.17, 15) is 0 Å². The van der Waals surface area contributed by atoms with Gasteiger partial charge in [-0.05, 0) is 64.1 Å². The molecule has 0 amide bonds. The van der Waals surface area contributed by atoms with E-state index in [1.807, 2.05) is 12.1 Å². The summed E-state index contributed by atoms with van der Waals surface area (Å²) in [5, 5.41) is 3.38. The van der Waals surface area contributed by atoms with E-state index in [1.54, 1.807) is 11.8 Å². The van der Waals surface area contributed by atoms with Gasteiger partial charge in [0, 0.05) is 11.4 Å². The van der Waals surface area contributed by atoms with Gasteiger partial charge in [0.25, 0.3) is 0 Å². The summed E-state index contributed by atoms with van der Waals surface area (Å²) >= 11 is 1.75. The van der Waals surface area contributed by atoms with Crippen LogP contribution in [0, 0.1) is 0 Å². The fraction of sp³-hybridized carbons (Fsp3) is 0.571. The van der Waals surface area contributed by atoms with E-state index in [4.69, 9.17) is 4.74 Å². The molecule has 0 unspecified atom stereocenters. The van der Waals surface area contributed by atoms with Crippen LogP contribution in [0.4, 0.5) is 0 Å². The zero-order valence-corrected chi connectivity index (χ0v) is 12.4. The molecule has 0 saturated carbocycles. The molecule has 0 atom stereocenters. The molecule has 102 valence electrons. The van der Waals surface area contributed by atoms with Gasteiger partial charge in [-0.2, -0.15) is 0 Å². The molecule has 4 heteroatoms. The van der Waals surface area contributed by atoms with Crippen LogP contribution in [0.15, 0.2) is 29.2 Å². The highest BCUT2D eigenvalue weighted by Crippen LogP contribution is 2.18. The summed E-state index contributed by atoms with van der Waals surface area (Å²) in [6.45, 7) is 3.80. The van der Waals surface area contributed by atoms with Gasteiger partial charge in [0.05, 0.1) is 0 Å². The fourth-order valence-corrected chi connectivity index (χ4v) is 1.97. The molecule has 3 nitrogen and oxygen atoms in total. The van der Waals surface area contributed by atoms with Crippen LogP contribution in [0.25, 0.3) is 0 Å². The molecular weight excluding hydrogens is 244 g/mol. The van der Waals surface area contributed by atoms with Crippen molar-refractivity contribution in [3.8, 4) is 5.75 Å². The second kappa shape index (κ2) is 9.25. The van der Waals surface area contributed by atoms with Crippen molar-refractivity contribution in [1.29, 1.82) is 0 Å². The van der Waals surface area contributed by atoms with Crippen molar-refractivity contribution in [3.05, 3.63) is 24.3 Å². The van der Waals surface area contributed by atoms with Gasteiger partial charge >= 0.3 is 0 Å². The average molecular weight is 268 g/mol. The Hall–Kier alpha value is -0.710. The number of ether oxygens (including phenoxy) is 1. The minimum Gasteiger partial charge on any atom is -0.492 e. The number of hydrogen-bond donors (Lipinski definition) is 1. The Labute approximate surface area is 115 Å². The van der Waals surface area contributed by atoms with Gasteiger partial charge in [0.1, 0.15) is 12.4 Å². The molecular formula is C14H24N2OS. The predicted octanol–water partition coefficient (Wildman–Crippen LogP) is 2.33. The molecule has 0 aliphatic carbocycles. The smallest absolute Gasteiger partial charge is 0.119 e. The van der Waals surface area contributed by atoms with E-state index in [-0.39, 0.29) is 0 Å². The van der Waals surface area contributed by atoms with Crippen molar-refractivity contribution in [1.82, 2.24) is 10.2 Å². The Balaban J connectivity index is 2.03. The molecule has 0 spiro atoms. The number of nitrogens with one attached hydrogen (secondary N) is 1. The minimum absolute atomic E-state index is 0.723. The Morgan fingerprint density at radius 2 is 1.89 bits per heavy atom. The second-order valence-electron chi connectivity index (χ2n) is 4.43. The van der Waals surface area contributed by atoms with E-state index in [0.29, 0.717) is 0 Å². The van der Waals surface area contributed by atoms with Crippen molar-refractivity contribution in [2.45, 2.75) is 11.3 Å². The highest BCUT2D eigenvalue weighted by Gasteiger charge is 1.95. The lowest BCUT2D eigenvalue weighted by molar-refractivity contribution is 0.311. The Bertz CT molecular complexity index is 314. The van der Waals surface area contributed by atoms with E-state index in [0.717, 1.165) is 32.0 Å². The van der Waals surface area contributed by atoms with Crippen molar-refractivity contribution in [2.75, 3.05) is 46.6 Å². The summed E-state index contributed by atoms with van der Waals surface area (Å²) in [6, 6.07) is 8.23. The van der Waals surface area contributed by atoms with Gasteiger partial charge in [-0.15, -0.1) is 11.8 Å². The van der Waals surface area contributed by atoms with Crippen LogP contribution in [0.3, 0.4) is 0 Å². The lowest BCUT2D eigenvalue weighted by atomic mass is 10.3. The Morgan fingerprint density at radius 3 is 2.50 bits per heavy atom. The molecule has 0 saturated heterocycles. The summed E-state index contributed by atoms with van der Waals surface area (Å²) in [7, 11) is 4.20. The molecule has 0 aromatic heterocycles. The molecule has 1 aromatic rings. The maximum Gasteiger partial charge on any atom is 0.119 e. The van der Waals surface area contributed by atoms with Crippen LogP contribution in [0.1, 0.15) is 6.42 Å². The van der Waals surface area contributed by atoms with Crippen LogP contribution in [0.2, 0.25) is 0 Å². The summed E-state index contributed by atoms with van der Waals surface area (Å²) in [5.74, 6) is 0.947. The van der Waals surface area contributed by atoms with Gasteiger partial charge in [0.15, 0.2) is 0 Å². The molecule has 0 aliphatic heterocycles. The summed E-state index contributed by atoms with van der Waals surface area (Å²) < 4.78 is 5.65. The zero-order chi connectivity index (χ0) is 13.2. The predicted molar refractivity (Wildman–Crippen MR) is 79.8 cm³/mol. The Morgan fingerprint density at radius 1 is 1.17 bits per heavy atom. The SMILES string of the molecule is CSc1ccc(OCCNCCCN(C)C)cc1. The van der Waals surface area contributed by atoms with E-state index >= 15 is 0 Å². The maximum absolute atomic E-state index is 5.65. The van der Waals surface area contributed by atoms with Crippen molar-refractivity contribution < 1.29 is 4.74 Å². The topological polar surface area (TPSA) is 24.5 Å². The number of hydrogen-bond acceptors (Lipinski definition) is 4. The number of rotatable bonds is 9. The Kier molecular flexibility index (Phi) is 7.89. The summed E-state index contributed by atoms with van der Waals surface area (Å²) in [5.41, 5.74) is 0. The average Bonchev–Trinajstić information content (AvgIpc) is 2.38. The molecule has 18 heavy (non-hydrogen) atoms. The molecule has 1 N–H and O–H groups in total. The van der Waals surface area contributed by atoms with Crippen LogP contribution in [-0.4, -0.2) is 51.5 Å². The lowest BCUT2D eigenvalue weighted by Gasteiger charge is -2.10. The van der Waals surface area contributed by atoms with Gasteiger partial charge in [-0.1, -0.05) is 0 Å². The minimum atomic E-state index is 0.723. The quantitative estimate of drug-likeness (QED) is 0.549. The third-order valence-electron chi connectivity index (χ3n) is 2.57. The highest BCUT2D eigenvalue weighted by atomic mass is 32.2. The molecule has 1 aromatic carbocycles. The van der Waals surface area contributed by atoms with Crippen molar-refractivity contribution in [3.63, 3.8) is 0 Å². The maximum atomic E-state index is 5.65. The van der Waals surface area contributed by atoms with Crippen LogP contribution >= 0.6 is 11.8 Å².